The number of amidine groups is 1. The molecule has 0 aromatic heterocycles. The van der Waals surface area contributed by atoms with Crippen molar-refractivity contribution in [2.24, 2.45) is 11.7 Å². The van der Waals surface area contributed by atoms with Gasteiger partial charge in [-0.1, -0.05) is 13.8 Å². The predicted octanol–water partition coefficient (Wildman–Crippen LogP) is 1.43. The summed E-state index contributed by atoms with van der Waals surface area (Å²) in [6.45, 7) is 6.60. The SMILES string of the molecule is CCC(C(=N)N)N1CCCC(C)C1. The number of hydrogen-bond donors (Lipinski definition) is 2. The molecular weight excluding hydrogens is 162 g/mol. The number of nitrogens with zero attached hydrogens (tertiary/aromatic N) is 1. The van der Waals surface area contributed by atoms with Crippen LogP contribution >= 0.6 is 0 Å². The normalized spacial score (nSPS) is 27.1. The summed E-state index contributed by atoms with van der Waals surface area (Å²) in [7, 11) is 0. The van der Waals surface area contributed by atoms with Gasteiger partial charge in [0.1, 0.15) is 5.84 Å². The molecule has 2 atom stereocenters. The molecule has 1 aliphatic rings. The third-order valence-corrected chi connectivity index (χ3v) is 2.87. The molecule has 0 aromatic rings. The molecule has 0 radical (unpaired) electrons. The van der Waals surface area contributed by atoms with Gasteiger partial charge in [0, 0.05) is 6.54 Å². The first-order valence-corrected chi connectivity index (χ1v) is 5.23. The van der Waals surface area contributed by atoms with Gasteiger partial charge in [-0.2, -0.15) is 0 Å². The summed E-state index contributed by atoms with van der Waals surface area (Å²) in [5.74, 6) is 1.10. The second kappa shape index (κ2) is 4.61. The lowest BCUT2D eigenvalue weighted by molar-refractivity contribution is 0.158. The van der Waals surface area contributed by atoms with Gasteiger partial charge < -0.3 is 5.73 Å². The van der Waals surface area contributed by atoms with Crippen molar-refractivity contribution >= 4 is 5.84 Å². The summed E-state index contributed by atoms with van der Waals surface area (Å²) in [6, 6.07) is 0.183. The maximum Gasteiger partial charge on any atom is 0.108 e. The van der Waals surface area contributed by atoms with Crippen molar-refractivity contribution in [1.82, 2.24) is 4.90 Å². The van der Waals surface area contributed by atoms with Crippen LogP contribution in [0.25, 0.3) is 0 Å². The Labute approximate surface area is 80.8 Å². The highest BCUT2D eigenvalue weighted by molar-refractivity contribution is 5.82. The molecule has 1 aliphatic heterocycles. The Morgan fingerprint density at radius 2 is 2.38 bits per heavy atom. The molecule has 0 aliphatic carbocycles. The monoisotopic (exact) mass is 183 g/mol. The van der Waals surface area contributed by atoms with Gasteiger partial charge in [0.15, 0.2) is 0 Å². The molecule has 1 fully saturated rings. The highest BCUT2D eigenvalue weighted by atomic mass is 15.2. The summed E-state index contributed by atoms with van der Waals surface area (Å²) in [6.07, 6.45) is 3.54. The minimum absolute atomic E-state index is 0.183. The molecule has 0 saturated carbocycles. The maximum absolute atomic E-state index is 7.49. The zero-order valence-electron chi connectivity index (χ0n) is 8.71. The molecule has 3 N–H and O–H groups in total. The quantitative estimate of drug-likeness (QED) is 0.514. The molecule has 0 spiro atoms. The highest BCUT2D eigenvalue weighted by Gasteiger charge is 2.24. The van der Waals surface area contributed by atoms with Gasteiger partial charge in [0.2, 0.25) is 0 Å². The van der Waals surface area contributed by atoms with E-state index < -0.39 is 0 Å². The summed E-state index contributed by atoms with van der Waals surface area (Å²) in [4.78, 5) is 2.36. The molecule has 3 heteroatoms. The Morgan fingerprint density at radius 3 is 2.85 bits per heavy atom. The first kappa shape index (κ1) is 10.5. The van der Waals surface area contributed by atoms with E-state index in [1.54, 1.807) is 0 Å². The first-order chi connectivity index (χ1) is 6.15. The van der Waals surface area contributed by atoms with Gasteiger partial charge in [0.25, 0.3) is 0 Å². The lowest BCUT2D eigenvalue weighted by atomic mass is 9.98. The third-order valence-electron chi connectivity index (χ3n) is 2.87. The third kappa shape index (κ3) is 2.69. The van der Waals surface area contributed by atoms with Crippen LogP contribution in [0.4, 0.5) is 0 Å². The lowest BCUT2D eigenvalue weighted by Gasteiger charge is -2.36. The number of rotatable bonds is 3. The van der Waals surface area contributed by atoms with E-state index in [1.165, 1.54) is 12.8 Å². The van der Waals surface area contributed by atoms with Crippen LogP contribution in [-0.4, -0.2) is 29.9 Å². The molecular formula is C10H21N3. The van der Waals surface area contributed by atoms with E-state index >= 15 is 0 Å². The second-order valence-electron chi connectivity index (χ2n) is 4.12. The summed E-state index contributed by atoms with van der Waals surface area (Å²) in [5, 5.41) is 7.49. The van der Waals surface area contributed by atoms with E-state index in [9.17, 15) is 0 Å². The van der Waals surface area contributed by atoms with Crippen LogP contribution in [0.15, 0.2) is 0 Å². The van der Waals surface area contributed by atoms with E-state index in [2.05, 4.69) is 18.7 Å². The van der Waals surface area contributed by atoms with Crippen molar-refractivity contribution in [3.63, 3.8) is 0 Å². The fourth-order valence-electron chi connectivity index (χ4n) is 2.18. The number of hydrogen-bond acceptors (Lipinski definition) is 2. The van der Waals surface area contributed by atoms with Crippen molar-refractivity contribution < 1.29 is 0 Å². The zero-order chi connectivity index (χ0) is 9.84. The van der Waals surface area contributed by atoms with Crippen molar-refractivity contribution in [3.8, 4) is 0 Å². The van der Waals surface area contributed by atoms with E-state index in [4.69, 9.17) is 11.1 Å². The number of likely N-dealkylation sites (tertiary alicyclic amines) is 1. The van der Waals surface area contributed by atoms with E-state index in [1.807, 2.05) is 0 Å². The van der Waals surface area contributed by atoms with Gasteiger partial charge in [-0.3, -0.25) is 10.3 Å². The molecule has 1 heterocycles. The van der Waals surface area contributed by atoms with Gasteiger partial charge in [-0.25, -0.2) is 0 Å². The summed E-state index contributed by atoms with van der Waals surface area (Å²) < 4.78 is 0. The van der Waals surface area contributed by atoms with Gasteiger partial charge >= 0.3 is 0 Å². The van der Waals surface area contributed by atoms with Gasteiger partial charge in [-0.15, -0.1) is 0 Å². The molecule has 3 nitrogen and oxygen atoms in total. The van der Waals surface area contributed by atoms with E-state index in [-0.39, 0.29) is 6.04 Å². The van der Waals surface area contributed by atoms with E-state index in [0.29, 0.717) is 5.84 Å². The number of piperidine rings is 1. The molecule has 0 bridgehead atoms. The zero-order valence-corrected chi connectivity index (χ0v) is 8.71. The highest BCUT2D eigenvalue weighted by Crippen LogP contribution is 2.18. The molecule has 1 saturated heterocycles. The van der Waals surface area contributed by atoms with Crippen LogP contribution in [0.1, 0.15) is 33.1 Å². The Hall–Kier alpha value is -0.570. The Morgan fingerprint density at radius 1 is 1.69 bits per heavy atom. The van der Waals surface area contributed by atoms with Crippen LogP contribution in [0.2, 0.25) is 0 Å². The van der Waals surface area contributed by atoms with Gasteiger partial charge in [0.05, 0.1) is 6.04 Å². The average Bonchev–Trinajstić information content (AvgIpc) is 2.04. The number of nitrogens with one attached hydrogen (secondary N) is 1. The lowest BCUT2D eigenvalue weighted by Crippen LogP contribution is -2.48. The minimum atomic E-state index is 0.183. The van der Waals surface area contributed by atoms with Crippen LogP contribution < -0.4 is 5.73 Å². The van der Waals surface area contributed by atoms with Crippen LogP contribution in [0, 0.1) is 11.3 Å². The Balaban J connectivity index is 2.52. The first-order valence-electron chi connectivity index (χ1n) is 5.23. The Bertz CT molecular complexity index is 179. The minimum Gasteiger partial charge on any atom is -0.386 e. The molecule has 2 unspecified atom stereocenters. The summed E-state index contributed by atoms with van der Waals surface area (Å²) in [5.41, 5.74) is 5.57. The van der Waals surface area contributed by atoms with Crippen LogP contribution in [-0.2, 0) is 0 Å². The fraction of sp³-hybridized carbons (Fsp3) is 0.900. The molecule has 1 rings (SSSR count). The van der Waals surface area contributed by atoms with Crippen molar-refractivity contribution in [2.75, 3.05) is 13.1 Å². The topological polar surface area (TPSA) is 53.1 Å². The van der Waals surface area contributed by atoms with Crippen LogP contribution in [0.3, 0.4) is 0 Å². The maximum atomic E-state index is 7.49. The van der Waals surface area contributed by atoms with Crippen molar-refractivity contribution in [1.29, 1.82) is 5.41 Å². The fourth-order valence-corrected chi connectivity index (χ4v) is 2.18. The van der Waals surface area contributed by atoms with Crippen molar-refractivity contribution in [2.45, 2.75) is 39.2 Å². The predicted molar refractivity (Wildman–Crippen MR) is 56.0 cm³/mol. The molecule has 13 heavy (non-hydrogen) atoms. The number of nitrogens with two attached hydrogens (primary N) is 1. The van der Waals surface area contributed by atoms with Gasteiger partial charge in [-0.05, 0) is 31.7 Å². The standard InChI is InChI=1S/C10H21N3/c1-3-9(10(11)12)13-6-4-5-8(2)7-13/h8-9H,3-7H2,1-2H3,(H3,11,12). The van der Waals surface area contributed by atoms with Crippen LogP contribution in [0.5, 0.6) is 0 Å². The molecule has 0 aromatic carbocycles. The smallest absolute Gasteiger partial charge is 0.108 e. The Kier molecular flexibility index (Phi) is 3.72. The largest absolute Gasteiger partial charge is 0.386 e. The second-order valence-corrected chi connectivity index (χ2v) is 4.12. The molecule has 76 valence electrons. The van der Waals surface area contributed by atoms with E-state index in [0.717, 1.165) is 25.4 Å². The summed E-state index contributed by atoms with van der Waals surface area (Å²) >= 11 is 0. The average molecular weight is 183 g/mol. The molecule has 0 amide bonds. The van der Waals surface area contributed by atoms with Crippen molar-refractivity contribution in [3.05, 3.63) is 0 Å².